The quantitative estimate of drug-likeness (QED) is 0.583. The number of ketones is 1. The average Bonchev–Trinajstić information content (AvgIpc) is 2.73. The van der Waals surface area contributed by atoms with Crippen LogP contribution in [-0.4, -0.2) is 43.2 Å². The van der Waals surface area contributed by atoms with E-state index in [9.17, 15) is 14.0 Å². The number of hydrogen-bond acceptors (Lipinski definition) is 4. The molecule has 2 amide bonds. The summed E-state index contributed by atoms with van der Waals surface area (Å²) in [7, 11) is 1.45. The number of amides is 2. The van der Waals surface area contributed by atoms with Gasteiger partial charge in [0.25, 0.3) is 0 Å². The van der Waals surface area contributed by atoms with Crippen LogP contribution < -0.4 is 10.1 Å². The molecule has 2 aromatic carbocycles. The molecule has 0 bridgehead atoms. The number of likely N-dealkylation sites (tertiary alicyclic amines) is 1. The third-order valence-electron chi connectivity index (χ3n) is 4.85. The second-order valence-electron chi connectivity index (χ2n) is 6.65. The number of halogens is 1. The van der Waals surface area contributed by atoms with Gasteiger partial charge in [0.1, 0.15) is 11.6 Å². The number of anilines is 1. The number of urea groups is 1. The zero-order valence-electron chi connectivity index (χ0n) is 15.9. The fourth-order valence-electron chi connectivity index (χ4n) is 3.35. The molecule has 5 nitrogen and oxygen atoms in total. The Morgan fingerprint density at radius 1 is 1.21 bits per heavy atom. The van der Waals surface area contributed by atoms with Gasteiger partial charge in [0.2, 0.25) is 0 Å². The van der Waals surface area contributed by atoms with Crippen LogP contribution in [0.3, 0.4) is 0 Å². The van der Waals surface area contributed by atoms with E-state index in [0.717, 1.165) is 4.90 Å². The van der Waals surface area contributed by atoms with E-state index in [1.807, 2.05) is 30.5 Å². The zero-order valence-corrected chi connectivity index (χ0v) is 16.7. The van der Waals surface area contributed by atoms with E-state index in [-0.39, 0.29) is 23.3 Å². The summed E-state index contributed by atoms with van der Waals surface area (Å²) >= 11 is 1.63. The average molecular weight is 402 g/mol. The Bertz CT molecular complexity index is 857. The maximum absolute atomic E-state index is 13.6. The molecule has 1 aliphatic heterocycles. The van der Waals surface area contributed by atoms with E-state index < -0.39 is 5.82 Å². The van der Waals surface area contributed by atoms with Crippen LogP contribution in [0.4, 0.5) is 14.9 Å². The first-order valence-corrected chi connectivity index (χ1v) is 10.3. The highest BCUT2D eigenvalue weighted by atomic mass is 32.2. The fraction of sp³-hybridized carbons (Fsp3) is 0.333. The number of methoxy groups -OCH3 is 1. The Balaban J connectivity index is 1.68. The Labute approximate surface area is 168 Å². The van der Waals surface area contributed by atoms with Crippen LogP contribution in [-0.2, 0) is 0 Å². The van der Waals surface area contributed by atoms with Crippen molar-refractivity contribution < 1.29 is 18.7 Å². The Morgan fingerprint density at radius 2 is 1.96 bits per heavy atom. The second-order valence-corrected chi connectivity index (χ2v) is 7.53. The minimum Gasteiger partial charge on any atom is -0.496 e. The first kappa shape index (κ1) is 20.2. The van der Waals surface area contributed by atoms with Gasteiger partial charge < -0.3 is 15.0 Å². The number of Topliss-reactive ketones (excluding diaryl/α,β-unsaturated/α-hetero) is 1. The fourth-order valence-corrected chi connectivity index (χ4v) is 3.75. The second kappa shape index (κ2) is 9.10. The zero-order chi connectivity index (χ0) is 20.1. The highest BCUT2D eigenvalue weighted by Crippen LogP contribution is 2.27. The van der Waals surface area contributed by atoms with E-state index in [1.54, 1.807) is 16.7 Å². The molecule has 1 saturated heterocycles. The number of ether oxygens (including phenoxy) is 1. The molecule has 3 rings (SSSR count). The van der Waals surface area contributed by atoms with Crippen molar-refractivity contribution in [2.24, 2.45) is 5.92 Å². The lowest BCUT2D eigenvalue weighted by Crippen LogP contribution is -2.44. The standard InChI is InChI=1S/C21H23FN2O3S/c1-27-19-10-5-15(22)12-18(19)20(25)14-4-3-11-24(13-14)21(26)23-16-6-8-17(28-2)9-7-16/h5-10,12,14H,3-4,11,13H2,1-2H3,(H,23,26). The Morgan fingerprint density at radius 3 is 2.64 bits per heavy atom. The monoisotopic (exact) mass is 402 g/mol. The molecule has 0 saturated carbocycles. The summed E-state index contributed by atoms with van der Waals surface area (Å²) in [6.45, 7) is 0.881. The predicted molar refractivity (Wildman–Crippen MR) is 109 cm³/mol. The van der Waals surface area contributed by atoms with Gasteiger partial charge in [-0.2, -0.15) is 0 Å². The van der Waals surface area contributed by atoms with Crippen molar-refractivity contribution in [3.8, 4) is 5.75 Å². The third kappa shape index (κ3) is 4.65. The highest BCUT2D eigenvalue weighted by Gasteiger charge is 2.30. The summed E-state index contributed by atoms with van der Waals surface area (Å²) in [5.74, 6) is -0.711. The molecule has 1 unspecified atom stereocenters. The summed E-state index contributed by atoms with van der Waals surface area (Å²) in [5, 5.41) is 2.88. The van der Waals surface area contributed by atoms with Crippen LogP contribution in [0, 0.1) is 11.7 Å². The summed E-state index contributed by atoms with van der Waals surface area (Å²) < 4.78 is 18.8. The van der Waals surface area contributed by atoms with Gasteiger partial charge in [0, 0.05) is 29.6 Å². The van der Waals surface area contributed by atoms with E-state index in [1.165, 1.54) is 25.3 Å². The number of nitrogens with zero attached hydrogens (tertiary/aromatic N) is 1. The number of benzene rings is 2. The van der Waals surface area contributed by atoms with Crippen LogP contribution in [0.25, 0.3) is 0 Å². The lowest BCUT2D eigenvalue weighted by Gasteiger charge is -2.32. The van der Waals surface area contributed by atoms with Crippen LogP contribution >= 0.6 is 11.8 Å². The van der Waals surface area contributed by atoms with E-state index in [0.29, 0.717) is 37.4 Å². The molecule has 1 N–H and O–H groups in total. The SMILES string of the molecule is COc1ccc(F)cc1C(=O)C1CCCN(C(=O)Nc2ccc(SC)cc2)C1. The van der Waals surface area contributed by atoms with Crippen LogP contribution in [0.1, 0.15) is 23.2 Å². The molecule has 7 heteroatoms. The molecular weight excluding hydrogens is 379 g/mol. The molecule has 28 heavy (non-hydrogen) atoms. The van der Waals surface area contributed by atoms with Gasteiger partial charge in [-0.25, -0.2) is 9.18 Å². The summed E-state index contributed by atoms with van der Waals surface area (Å²) in [4.78, 5) is 28.3. The lowest BCUT2D eigenvalue weighted by atomic mass is 9.89. The number of hydrogen-bond donors (Lipinski definition) is 1. The van der Waals surface area contributed by atoms with Gasteiger partial charge >= 0.3 is 6.03 Å². The van der Waals surface area contributed by atoms with Crippen molar-refractivity contribution >= 4 is 29.3 Å². The maximum atomic E-state index is 13.6. The number of nitrogens with one attached hydrogen (secondary N) is 1. The van der Waals surface area contributed by atoms with Gasteiger partial charge in [0.05, 0.1) is 12.7 Å². The Kier molecular flexibility index (Phi) is 6.57. The molecule has 0 radical (unpaired) electrons. The van der Waals surface area contributed by atoms with Gasteiger partial charge in [-0.1, -0.05) is 0 Å². The number of carbonyl (C=O) groups is 2. The normalized spacial score (nSPS) is 16.5. The summed E-state index contributed by atoms with van der Waals surface area (Å²) in [6.07, 6.45) is 3.36. The number of rotatable bonds is 5. The predicted octanol–water partition coefficient (Wildman–Crippen LogP) is 4.68. The molecular formula is C21H23FN2O3S. The van der Waals surface area contributed by atoms with Gasteiger partial charge in [-0.3, -0.25) is 4.79 Å². The van der Waals surface area contributed by atoms with Crippen LogP contribution in [0.2, 0.25) is 0 Å². The van der Waals surface area contributed by atoms with Crippen molar-refractivity contribution in [2.45, 2.75) is 17.7 Å². The van der Waals surface area contributed by atoms with Gasteiger partial charge in [0.15, 0.2) is 5.78 Å². The minimum absolute atomic E-state index is 0.196. The minimum atomic E-state index is -0.483. The number of piperidine rings is 1. The van der Waals surface area contributed by atoms with E-state index in [4.69, 9.17) is 4.74 Å². The molecule has 0 aliphatic carbocycles. The summed E-state index contributed by atoms with van der Waals surface area (Å²) in [6, 6.07) is 11.3. The van der Waals surface area contributed by atoms with Crippen molar-refractivity contribution in [1.29, 1.82) is 0 Å². The molecule has 1 aliphatic rings. The molecule has 0 spiro atoms. The van der Waals surface area contributed by atoms with Gasteiger partial charge in [-0.15, -0.1) is 11.8 Å². The van der Waals surface area contributed by atoms with Crippen molar-refractivity contribution in [3.63, 3.8) is 0 Å². The van der Waals surface area contributed by atoms with E-state index in [2.05, 4.69) is 5.32 Å². The molecule has 2 aromatic rings. The van der Waals surface area contributed by atoms with Crippen molar-refractivity contribution in [3.05, 3.63) is 53.8 Å². The van der Waals surface area contributed by atoms with Crippen LogP contribution in [0.15, 0.2) is 47.4 Å². The maximum Gasteiger partial charge on any atom is 0.321 e. The Hall–Kier alpha value is -2.54. The third-order valence-corrected chi connectivity index (χ3v) is 5.59. The van der Waals surface area contributed by atoms with Crippen molar-refractivity contribution in [1.82, 2.24) is 4.90 Å². The first-order valence-electron chi connectivity index (χ1n) is 9.09. The van der Waals surface area contributed by atoms with E-state index >= 15 is 0 Å². The lowest BCUT2D eigenvalue weighted by molar-refractivity contribution is 0.0848. The smallest absolute Gasteiger partial charge is 0.321 e. The molecule has 1 atom stereocenters. The molecule has 148 valence electrons. The summed E-state index contributed by atoms with van der Waals surface area (Å²) in [5.41, 5.74) is 0.936. The molecule has 1 heterocycles. The van der Waals surface area contributed by atoms with Crippen LogP contribution in [0.5, 0.6) is 5.75 Å². The highest BCUT2D eigenvalue weighted by molar-refractivity contribution is 7.98. The van der Waals surface area contributed by atoms with Crippen molar-refractivity contribution in [2.75, 3.05) is 31.8 Å². The number of thioether (sulfide) groups is 1. The molecule has 1 fully saturated rings. The molecule has 0 aromatic heterocycles. The van der Waals surface area contributed by atoms with Gasteiger partial charge in [-0.05, 0) is 61.6 Å². The largest absolute Gasteiger partial charge is 0.496 e. The topological polar surface area (TPSA) is 58.6 Å². The first-order chi connectivity index (χ1) is 13.5. The number of carbonyl (C=O) groups excluding carboxylic acids is 2.